The molecule has 18 nitrogen and oxygen atoms in total. The second-order valence-corrected chi connectivity index (χ2v) is 21.1. The molecule has 3 amide bonds. The molecule has 4 saturated heterocycles. The van der Waals surface area contributed by atoms with E-state index in [9.17, 15) is 24.6 Å². The number of ether oxygens (including phenoxy) is 7. The number of nitrogens with zero attached hydrogens (tertiary/aromatic N) is 3. The molecule has 4 aliphatic rings. The van der Waals surface area contributed by atoms with E-state index in [0.29, 0.717) is 65.0 Å². The number of rotatable bonds is 24. The summed E-state index contributed by atoms with van der Waals surface area (Å²) in [6, 6.07) is 31.6. The zero-order chi connectivity index (χ0) is 52.9. The molecule has 0 aromatic heterocycles. The molecule has 0 spiro atoms. The van der Waals surface area contributed by atoms with Crippen LogP contribution in [0, 0.1) is 45.3 Å². The minimum atomic E-state index is -1.14. The molecule has 402 valence electrons. The van der Waals surface area contributed by atoms with Crippen LogP contribution in [0.25, 0.3) is 0 Å². The number of fused-ring (bicyclic) bond motifs is 2. The van der Waals surface area contributed by atoms with Crippen molar-refractivity contribution in [3.05, 3.63) is 108 Å². The number of amides is 3. The Kier molecular flexibility index (Phi) is 22.3. The van der Waals surface area contributed by atoms with Crippen LogP contribution >= 0.6 is 0 Å². The molecule has 0 radical (unpaired) electrons. The van der Waals surface area contributed by atoms with Gasteiger partial charge >= 0.3 is 18.3 Å². The van der Waals surface area contributed by atoms with Crippen molar-refractivity contribution < 1.29 is 57.8 Å². The lowest BCUT2D eigenvalue weighted by atomic mass is 9.87. The molecule has 3 aromatic rings. The second kappa shape index (κ2) is 28.7. The van der Waals surface area contributed by atoms with Crippen molar-refractivity contribution in [2.24, 2.45) is 22.7 Å². The van der Waals surface area contributed by atoms with Crippen LogP contribution < -0.4 is 16.0 Å². The molecule has 5 N–H and O–H groups in total. The predicted octanol–water partition coefficient (Wildman–Crippen LogP) is 6.78. The minimum absolute atomic E-state index is 0.0150. The van der Waals surface area contributed by atoms with Gasteiger partial charge in [0.1, 0.15) is 18.8 Å². The average Bonchev–Trinajstić information content (AvgIpc) is 4.21. The molecule has 10 atom stereocenters. The highest BCUT2D eigenvalue weighted by atomic mass is 16.7. The summed E-state index contributed by atoms with van der Waals surface area (Å²) in [5.74, 6) is 0.0503. The number of aliphatic hydroxyl groups excluding tert-OH is 2. The van der Waals surface area contributed by atoms with Gasteiger partial charge in [-0.25, -0.2) is 14.4 Å². The van der Waals surface area contributed by atoms with E-state index < -0.39 is 54.1 Å². The Morgan fingerprint density at radius 3 is 1.62 bits per heavy atom. The number of hydrogen-bond acceptors (Lipinski definition) is 15. The number of alkyl carbamates (subject to hydrolysis) is 2. The maximum Gasteiger partial charge on any atom is 0.410 e. The first-order valence-electron chi connectivity index (χ1n) is 25.9. The van der Waals surface area contributed by atoms with E-state index in [0.717, 1.165) is 36.0 Å². The van der Waals surface area contributed by atoms with Gasteiger partial charge in [0.05, 0.1) is 81.2 Å². The van der Waals surface area contributed by atoms with Crippen molar-refractivity contribution in [1.29, 1.82) is 10.5 Å². The fraction of sp³-hybridized carbons (Fsp3) is 0.589. The topological polar surface area (TPSA) is 243 Å². The van der Waals surface area contributed by atoms with Crippen LogP contribution in [-0.4, -0.2) is 135 Å². The number of benzene rings is 3. The van der Waals surface area contributed by atoms with Crippen molar-refractivity contribution in [3.63, 3.8) is 0 Å². The first-order valence-corrected chi connectivity index (χ1v) is 25.9. The number of carbonyl (C=O) groups is 3. The molecular weight excluding hydrogens is 949 g/mol. The lowest BCUT2D eigenvalue weighted by Gasteiger charge is -2.35. The molecule has 74 heavy (non-hydrogen) atoms. The number of hydrogen-bond donors (Lipinski definition) is 5. The van der Waals surface area contributed by atoms with Crippen LogP contribution in [0.5, 0.6) is 0 Å². The Bertz CT molecular complexity index is 2260. The monoisotopic (exact) mass is 1020 g/mol. The SMILES string of the molecule is CC(C)(CCC#N)CN(CC(O)C(Cc1ccccc1)NC(=O)OC1COC2OCCC12)C(=O)OCc1ccccc1.CC(C)(CCC#N)CNCC(O)C(Cc1ccccc1)NC(=O)OC1COC2OCCC12. The average molecular weight is 1030 g/mol. The fourth-order valence-corrected chi connectivity index (χ4v) is 9.58. The van der Waals surface area contributed by atoms with Gasteiger partial charge in [0.25, 0.3) is 0 Å². The van der Waals surface area contributed by atoms with E-state index in [-0.39, 0.29) is 62.2 Å². The molecule has 4 fully saturated rings. The van der Waals surface area contributed by atoms with Crippen LogP contribution in [0.2, 0.25) is 0 Å². The summed E-state index contributed by atoms with van der Waals surface area (Å²) in [5, 5.41) is 49.3. The Hall–Kier alpha value is -5.83. The maximum atomic E-state index is 13.3. The van der Waals surface area contributed by atoms with E-state index in [1.54, 1.807) is 0 Å². The number of nitriles is 2. The Morgan fingerprint density at radius 1 is 0.676 bits per heavy atom. The van der Waals surface area contributed by atoms with Crippen molar-refractivity contribution in [2.45, 2.75) is 135 Å². The van der Waals surface area contributed by atoms with Crippen LogP contribution in [0.1, 0.15) is 82.9 Å². The molecule has 18 heteroatoms. The normalized spacial score (nSPS) is 22.5. The zero-order valence-electron chi connectivity index (χ0n) is 43.3. The fourth-order valence-electron chi connectivity index (χ4n) is 9.58. The lowest BCUT2D eigenvalue weighted by Crippen LogP contribution is -2.52. The van der Waals surface area contributed by atoms with Gasteiger partial charge in [-0.15, -0.1) is 0 Å². The Labute approximate surface area is 435 Å². The van der Waals surface area contributed by atoms with Gasteiger partial charge < -0.3 is 64.2 Å². The van der Waals surface area contributed by atoms with Gasteiger partial charge in [0.2, 0.25) is 0 Å². The van der Waals surface area contributed by atoms with Gasteiger partial charge in [-0.3, -0.25) is 0 Å². The van der Waals surface area contributed by atoms with Crippen molar-refractivity contribution in [2.75, 3.05) is 52.6 Å². The van der Waals surface area contributed by atoms with Crippen LogP contribution in [0.4, 0.5) is 14.4 Å². The summed E-state index contributed by atoms with van der Waals surface area (Å²) in [6.07, 6.45) is -0.626. The van der Waals surface area contributed by atoms with Crippen LogP contribution in [-0.2, 0) is 52.6 Å². The van der Waals surface area contributed by atoms with Crippen LogP contribution in [0.15, 0.2) is 91.0 Å². The third-order valence-electron chi connectivity index (χ3n) is 13.9. The lowest BCUT2D eigenvalue weighted by molar-refractivity contribution is -0.0909. The number of carbonyl (C=O) groups excluding carboxylic acids is 3. The zero-order valence-corrected chi connectivity index (χ0v) is 43.3. The summed E-state index contributed by atoms with van der Waals surface area (Å²) in [6.45, 7) is 11.1. The van der Waals surface area contributed by atoms with Gasteiger partial charge in [-0.05, 0) is 66.0 Å². The van der Waals surface area contributed by atoms with Gasteiger partial charge in [0, 0.05) is 32.5 Å². The summed E-state index contributed by atoms with van der Waals surface area (Å²) >= 11 is 0. The van der Waals surface area contributed by atoms with Crippen LogP contribution in [0.3, 0.4) is 0 Å². The molecule has 10 unspecified atom stereocenters. The smallest absolute Gasteiger partial charge is 0.410 e. The van der Waals surface area contributed by atoms with E-state index in [1.807, 2.05) is 105 Å². The standard InChI is InChI=1S/C32H41N3O7.C24H35N3O5/c1-32(2,15-9-16-33)22-35(31(38)41-20-24-12-7-4-8-13-24)19-27(36)26(18-23-10-5-3-6-11-23)34-30(37)42-28-21-40-29-25(28)14-17-39-29;1-24(2,10-6-11-25)16-26-14-20(28)19(13-17-7-4-3-5-8-17)27-23(29)32-21-15-31-22-18(21)9-12-30-22/h3-8,10-13,25-29,36H,9,14-15,17-22H2,1-2H3,(H,34,37);3-5,7-8,18-22,26,28H,6,9-10,12-16H2,1-2H3,(H,27,29). The summed E-state index contributed by atoms with van der Waals surface area (Å²) in [7, 11) is 0. The van der Waals surface area contributed by atoms with E-state index in [1.165, 1.54) is 4.90 Å². The second-order valence-electron chi connectivity index (χ2n) is 21.1. The first kappa shape index (κ1) is 57.4. The quantitative estimate of drug-likeness (QED) is 0.0581. The number of nitrogens with one attached hydrogen (secondary N) is 3. The van der Waals surface area contributed by atoms with Gasteiger partial charge in [0.15, 0.2) is 12.6 Å². The first-order chi connectivity index (χ1) is 35.6. The maximum absolute atomic E-state index is 13.3. The molecule has 4 heterocycles. The summed E-state index contributed by atoms with van der Waals surface area (Å²) < 4.78 is 39.1. The Morgan fingerprint density at radius 2 is 1.14 bits per heavy atom. The van der Waals surface area contributed by atoms with Crippen molar-refractivity contribution >= 4 is 18.3 Å². The molecule has 4 aliphatic heterocycles. The predicted molar refractivity (Wildman–Crippen MR) is 273 cm³/mol. The highest BCUT2D eigenvalue weighted by Gasteiger charge is 2.45. The molecule has 3 aromatic carbocycles. The van der Waals surface area contributed by atoms with Gasteiger partial charge in [-0.2, -0.15) is 10.5 Å². The minimum Gasteiger partial charge on any atom is -0.445 e. The largest absolute Gasteiger partial charge is 0.445 e. The highest BCUT2D eigenvalue weighted by molar-refractivity contribution is 5.69. The van der Waals surface area contributed by atoms with E-state index >= 15 is 0 Å². The molecule has 7 rings (SSSR count). The molecule has 0 saturated carbocycles. The highest BCUT2D eigenvalue weighted by Crippen LogP contribution is 2.34. The third-order valence-corrected chi connectivity index (χ3v) is 13.9. The number of aliphatic hydroxyl groups is 2. The Balaban J connectivity index is 0.000000250. The molecule has 0 bridgehead atoms. The molecule has 0 aliphatic carbocycles. The van der Waals surface area contributed by atoms with Crippen molar-refractivity contribution in [3.8, 4) is 12.1 Å². The molecular formula is C56H76N6O12. The van der Waals surface area contributed by atoms with Gasteiger partial charge in [-0.1, -0.05) is 119 Å². The summed E-state index contributed by atoms with van der Waals surface area (Å²) in [5.41, 5.74) is 2.29. The van der Waals surface area contributed by atoms with E-state index in [4.69, 9.17) is 43.7 Å². The summed E-state index contributed by atoms with van der Waals surface area (Å²) in [4.78, 5) is 40.5. The third kappa shape index (κ3) is 18.5. The van der Waals surface area contributed by atoms with E-state index in [2.05, 4.69) is 41.9 Å². The van der Waals surface area contributed by atoms with Crippen molar-refractivity contribution in [1.82, 2.24) is 20.9 Å².